The molecule has 2 atom stereocenters. The average molecular weight is 584 g/mol. The van der Waals surface area contributed by atoms with Crippen LogP contribution in [0.3, 0.4) is 0 Å². The van der Waals surface area contributed by atoms with Crippen LogP contribution in [0.5, 0.6) is 0 Å². The minimum atomic E-state index is -0.561. The van der Waals surface area contributed by atoms with Crippen LogP contribution in [0, 0.1) is 10.8 Å². The molecular formula is C25H51BrN4O6. The van der Waals surface area contributed by atoms with Gasteiger partial charge in [0.05, 0.1) is 6.04 Å². The molecule has 0 aliphatic heterocycles. The lowest BCUT2D eigenvalue weighted by Crippen LogP contribution is -2.51. The van der Waals surface area contributed by atoms with Crippen LogP contribution in [-0.4, -0.2) is 66.6 Å². The van der Waals surface area contributed by atoms with Crippen LogP contribution in [0.2, 0.25) is 0 Å². The molecular weight excluding hydrogens is 532 g/mol. The number of hydrogen-bond acceptors (Lipinski definition) is 7. The van der Waals surface area contributed by atoms with E-state index in [-0.39, 0.29) is 29.5 Å². The number of nitrogens with two attached hydrogens (primary N) is 1. The molecule has 5 N–H and O–H groups in total. The zero-order valence-electron chi connectivity index (χ0n) is 24.4. The molecule has 0 bridgehead atoms. The second-order valence-electron chi connectivity index (χ2n) is 12.6. The van der Waals surface area contributed by atoms with E-state index in [4.69, 9.17) is 19.9 Å². The van der Waals surface area contributed by atoms with Crippen LogP contribution in [-0.2, 0) is 14.2 Å². The number of rotatable bonds is 7. The lowest BCUT2D eigenvalue weighted by Gasteiger charge is -2.32. The summed E-state index contributed by atoms with van der Waals surface area (Å²) in [5.74, 6) is 0. The number of nitrogens with one attached hydrogen (secondary N) is 3. The van der Waals surface area contributed by atoms with Crippen molar-refractivity contribution in [3.05, 3.63) is 0 Å². The second-order valence-corrected chi connectivity index (χ2v) is 13.4. The Morgan fingerprint density at radius 3 is 1.42 bits per heavy atom. The summed E-state index contributed by atoms with van der Waals surface area (Å²) in [6.07, 6.45) is -1.42. The molecule has 214 valence electrons. The molecule has 0 saturated carbocycles. The predicted molar refractivity (Wildman–Crippen MR) is 147 cm³/mol. The Hall–Kier alpha value is -1.75. The van der Waals surface area contributed by atoms with Crippen molar-refractivity contribution in [3.63, 3.8) is 0 Å². The van der Waals surface area contributed by atoms with Gasteiger partial charge in [-0.2, -0.15) is 0 Å². The summed E-state index contributed by atoms with van der Waals surface area (Å²) in [4.78, 5) is 34.8. The molecule has 0 aromatic carbocycles. The highest BCUT2D eigenvalue weighted by molar-refractivity contribution is 9.09. The Morgan fingerprint density at radius 1 is 0.722 bits per heavy atom. The van der Waals surface area contributed by atoms with E-state index in [1.54, 1.807) is 20.8 Å². The molecule has 0 aromatic heterocycles. The number of carbonyl (C=O) groups is 3. The summed E-state index contributed by atoms with van der Waals surface area (Å²) in [6.45, 7) is 23.9. The molecule has 0 aliphatic rings. The smallest absolute Gasteiger partial charge is 0.407 e. The van der Waals surface area contributed by atoms with Gasteiger partial charge in [0.1, 0.15) is 17.8 Å². The van der Waals surface area contributed by atoms with Gasteiger partial charge < -0.3 is 35.9 Å². The molecule has 0 fully saturated rings. The SMILES string of the molecule is CC(C)(C)OC(=O)N[C@H](CN)C(C)(C)C.CC(C)(C)OC(=O)N[C@H](CNC(=O)OCCBr)C(C)(C)C. The van der Waals surface area contributed by atoms with E-state index in [2.05, 4.69) is 31.9 Å². The van der Waals surface area contributed by atoms with Gasteiger partial charge in [0.15, 0.2) is 0 Å². The Balaban J connectivity index is 0. The topological polar surface area (TPSA) is 141 Å². The number of hydrogen-bond donors (Lipinski definition) is 4. The van der Waals surface area contributed by atoms with Gasteiger partial charge >= 0.3 is 18.3 Å². The van der Waals surface area contributed by atoms with Gasteiger partial charge in [-0.1, -0.05) is 57.5 Å². The number of alkyl halides is 1. The summed E-state index contributed by atoms with van der Waals surface area (Å²) in [5, 5.41) is 8.78. The Bertz CT molecular complexity index is 676. The van der Waals surface area contributed by atoms with Crippen molar-refractivity contribution >= 4 is 34.2 Å². The molecule has 36 heavy (non-hydrogen) atoms. The van der Waals surface area contributed by atoms with Gasteiger partial charge in [0, 0.05) is 24.5 Å². The molecule has 0 saturated heterocycles. The quantitative estimate of drug-likeness (QED) is 0.246. The molecule has 3 amide bonds. The number of carbonyl (C=O) groups excluding carboxylic acids is 3. The maximum atomic E-state index is 11.8. The van der Waals surface area contributed by atoms with Gasteiger partial charge in [-0.05, 0) is 52.4 Å². The molecule has 10 nitrogen and oxygen atoms in total. The minimum Gasteiger partial charge on any atom is -0.449 e. The van der Waals surface area contributed by atoms with E-state index in [0.717, 1.165) is 0 Å². The predicted octanol–water partition coefficient (Wildman–Crippen LogP) is 4.93. The normalized spacial score (nSPS) is 13.8. The van der Waals surface area contributed by atoms with E-state index in [1.165, 1.54) is 0 Å². The molecule has 0 radical (unpaired) electrons. The molecule has 0 rings (SSSR count). The number of ether oxygens (including phenoxy) is 3. The van der Waals surface area contributed by atoms with Crippen LogP contribution >= 0.6 is 15.9 Å². The molecule has 0 unspecified atom stereocenters. The maximum Gasteiger partial charge on any atom is 0.407 e. The van der Waals surface area contributed by atoms with Crippen LogP contribution < -0.4 is 21.7 Å². The van der Waals surface area contributed by atoms with E-state index in [9.17, 15) is 14.4 Å². The lowest BCUT2D eigenvalue weighted by molar-refractivity contribution is 0.0454. The highest BCUT2D eigenvalue weighted by Crippen LogP contribution is 2.20. The van der Waals surface area contributed by atoms with E-state index < -0.39 is 29.5 Å². The average Bonchev–Trinajstić information content (AvgIpc) is 2.63. The van der Waals surface area contributed by atoms with Crippen molar-refractivity contribution in [2.75, 3.05) is 25.0 Å². The molecule has 0 aliphatic carbocycles. The fraction of sp³-hybridized carbons (Fsp3) is 0.880. The first-order chi connectivity index (χ1) is 16.0. The molecule has 0 aromatic rings. The van der Waals surface area contributed by atoms with E-state index in [1.807, 2.05) is 62.3 Å². The zero-order chi connectivity index (χ0) is 29.0. The van der Waals surface area contributed by atoms with Crippen LogP contribution in [0.15, 0.2) is 0 Å². The van der Waals surface area contributed by atoms with Crippen molar-refractivity contribution < 1.29 is 28.6 Å². The summed E-state index contributed by atoms with van der Waals surface area (Å²) >= 11 is 3.17. The van der Waals surface area contributed by atoms with Crippen molar-refractivity contribution in [1.82, 2.24) is 16.0 Å². The largest absolute Gasteiger partial charge is 0.449 e. The summed E-state index contributed by atoms with van der Waals surface area (Å²) < 4.78 is 15.3. The van der Waals surface area contributed by atoms with E-state index in [0.29, 0.717) is 18.5 Å². The minimum absolute atomic E-state index is 0.0638. The van der Waals surface area contributed by atoms with Crippen molar-refractivity contribution in [3.8, 4) is 0 Å². The van der Waals surface area contributed by atoms with Crippen molar-refractivity contribution in [1.29, 1.82) is 0 Å². The number of halogens is 1. The molecule has 0 spiro atoms. The highest BCUT2D eigenvalue weighted by atomic mass is 79.9. The molecule has 11 heteroatoms. The van der Waals surface area contributed by atoms with Crippen LogP contribution in [0.1, 0.15) is 83.1 Å². The summed E-state index contributed by atoms with van der Waals surface area (Å²) in [5.41, 5.74) is 4.27. The monoisotopic (exact) mass is 582 g/mol. The standard InChI is InChI=1S/C14H27BrN2O4.C11H24N2O2/c1-13(2,3)10(9-16-11(18)20-8-7-15)17-12(19)21-14(4,5)6;1-10(2,3)8(7-12)13-9(14)15-11(4,5)6/h10H,7-9H2,1-6H3,(H,16,18)(H,17,19);8H,7,12H2,1-6H3,(H,13,14)/t10-;8-/m11/s1. The number of alkyl carbamates (subject to hydrolysis) is 3. The first-order valence-corrected chi connectivity index (χ1v) is 13.3. The van der Waals surface area contributed by atoms with Crippen LogP contribution in [0.4, 0.5) is 14.4 Å². The third-order valence-electron chi connectivity index (χ3n) is 4.47. The summed E-state index contributed by atoms with van der Waals surface area (Å²) in [6, 6.07) is -0.351. The highest BCUT2D eigenvalue weighted by Gasteiger charge is 2.29. The third-order valence-corrected chi connectivity index (χ3v) is 4.79. The van der Waals surface area contributed by atoms with Crippen molar-refractivity contribution in [2.45, 2.75) is 106 Å². The van der Waals surface area contributed by atoms with Gasteiger partial charge in [-0.15, -0.1) is 0 Å². The van der Waals surface area contributed by atoms with Crippen molar-refractivity contribution in [2.24, 2.45) is 16.6 Å². The third kappa shape index (κ3) is 20.4. The van der Waals surface area contributed by atoms with Gasteiger partial charge in [0.25, 0.3) is 0 Å². The van der Waals surface area contributed by atoms with Gasteiger partial charge in [-0.3, -0.25) is 0 Å². The Morgan fingerprint density at radius 2 is 1.11 bits per heavy atom. The Kier molecular flexibility index (Phi) is 15.7. The molecule has 0 heterocycles. The second kappa shape index (κ2) is 15.5. The van der Waals surface area contributed by atoms with Gasteiger partial charge in [-0.25, -0.2) is 14.4 Å². The first-order valence-electron chi connectivity index (χ1n) is 12.2. The maximum absolute atomic E-state index is 11.8. The fourth-order valence-electron chi connectivity index (χ4n) is 2.47. The van der Waals surface area contributed by atoms with Gasteiger partial charge in [0.2, 0.25) is 0 Å². The first kappa shape index (κ1) is 36.4. The van der Waals surface area contributed by atoms with E-state index >= 15 is 0 Å². The number of amides is 3. The summed E-state index contributed by atoms with van der Waals surface area (Å²) in [7, 11) is 0. The fourth-order valence-corrected chi connectivity index (χ4v) is 2.63. The van der Waals surface area contributed by atoms with Crippen LogP contribution in [0.25, 0.3) is 0 Å². The zero-order valence-corrected chi connectivity index (χ0v) is 26.0. The Labute approximate surface area is 226 Å². The lowest BCUT2D eigenvalue weighted by atomic mass is 9.87.